The van der Waals surface area contributed by atoms with E-state index in [1.165, 1.54) is 0 Å². The standard InChI is InChI=1S/C15H13NO2/c17-15(18)11-8-12-6-9-14(10-7-12)16-13-4-2-1-3-5-13/h1-11,16H,(H,17,18). The van der Waals surface area contributed by atoms with Crippen molar-refractivity contribution in [1.29, 1.82) is 0 Å². The Balaban J connectivity index is 2.06. The lowest BCUT2D eigenvalue weighted by Crippen LogP contribution is -1.89. The number of para-hydroxylation sites is 1. The van der Waals surface area contributed by atoms with Gasteiger partial charge >= 0.3 is 5.97 Å². The van der Waals surface area contributed by atoms with Crippen LogP contribution >= 0.6 is 0 Å². The summed E-state index contributed by atoms with van der Waals surface area (Å²) in [7, 11) is 0. The van der Waals surface area contributed by atoms with Crippen LogP contribution in [-0.2, 0) is 4.79 Å². The van der Waals surface area contributed by atoms with E-state index in [2.05, 4.69) is 5.32 Å². The fourth-order valence-corrected chi connectivity index (χ4v) is 1.53. The molecule has 0 aliphatic rings. The summed E-state index contributed by atoms with van der Waals surface area (Å²) in [4.78, 5) is 10.4. The van der Waals surface area contributed by atoms with Crippen LogP contribution < -0.4 is 5.32 Å². The number of nitrogens with one attached hydrogen (secondary N) is 1. The molecule has 0 atom stereocenters. The van der Waals surface area contributed by atoms with Crippen LogP contribution in [0.1, 0.15) is 5.56 Å². The Morgan fingerprint density at radius 1 is 0.944 bits per heavy atom. The lowest BCUT2D eigenvalue weighted by molar-refractivity contribution is -0.131. The third-order valence-electron chi connectivity index (χ3n) is 2.39. The van der Waals surface area contributed by atoms with Crippen molar-refractivity contribution < 1.29 is 9.90 Å². The molecule has 0 heterocycles. The topological polar surface area (TPSA) is 49.3 Å². The molecule has 0 unspecified atom stereocenters. The van der Waals surface area contributed by atoms with Gasteiger partial charge in [-0.2, -0.15) is 0 Å². The molecule has 2 aromatic rings. The third-order valence-corrected chi connectivity index (χ3v) is 2.39. The Morgan fingerprint density at radius 3 is 2.17 bits per heavy atom. The van der Waals surface area contributed by atoms with E-state index in [0.717, 1.165) is 23.0 Å². The molecule has 0 aromatic heterocycles. The van der Waals surface area contributed by atoms with Crippen LogP contribution in [0.15, 0.2) is 60.7 Å². The Morgan fingerprint density at radius 2 is 1.56 bits per heavy atom. The highest BCUT2D eigenvalue weighted by molar-refractivity contribution is 5.85. The molecule has 3 heteroatoms. The largest absolute Gasteiger partial charge is 0.478 e. The number of benzene rings is 2. The molecule has 18 heavy (non-hydrogen) atoms. The van der Waals surface area contributed by atoms with E-state index < -0.39 is 5.97 Å². The molecule has 2 rings (SSSR count). The van der Waals surface area contributed by atoms with Gasteiger partial charge in [-0.25, -0.2) is 4.79 Å². The van der Waals surface area contributed by atoms with Gasteiger partial charge in [0.2, 0.25) is 0 Å². The maximum Gasteiger partial charge on any atom is 0.328 e. The normalized spacial score (nSPS) is 10.4. The fraction of sp³-hybridized carbons (Fsp3) is 0. The van der Waals surface area contributed by atoms with Crippen molar-refractivity contribution in [3.63, 3.8) is 0 Å². The first-order chi connectivity index (χ1) is 8.74. The van der Waals surface area contributed by atoms with Crippen molar-refractivity contribution in [2.75, 3.05) is 5.32 Å². The summed E-state index contributed by atoms with van der Waals surface area (Å²) < 4.78 is 0. The minimum atomic E-state index is -0.943. The maximum atomic E-state index is 10.4. The molecule has 90 valence electrons. The molecule has 0 saturated heterocycles. The van der Waals surface area contributed by atoms with Crippen molar-refractivity contribution in [3.05, 3.63) is 66.2 Å². The predicted octanol–water partition coefficient (Wildman–Crippen LogP) is 3.53. The van der Waals surface area contributed by atoms with Gasteiger partial charge in [0.1, 0.15) is 0 Å². The van der Waals surface area contributed by atoms with Gasteiger partial charge < -0.3 is 10.4 Å². The average molecular weight is 239 g/mol. The summed E-state index contributed by atoms with van der Waals surface area (Å²) in [6.45, 7) is 0. The van der Waals surface area contributed by atoms with Crippen LogP contribution in [0.2, 0.25) is 0 Å². The second kappa shape index (κ2) is 5.68. The van der Waals surface area contributed by atoms with Crippen LogP contribution in [0, 0.1) is 0 Å². The van der Waals surface area contributed by atoms with Gasteiger partial charge in [0.15, 0.2) is 0 Å². The first kappa shape index (κ1) is 11.9. The minimum Gasteiger partial charge on any atom is -0.478 e. The molecule has 3 nitrogen and oxygen atoms in total. The van der Waals surface area contributed by atoms with Gasteiger partial charge in [-0.1, -0.05) is 30.3 Å². The first-order valence-electron chi connectivity index (χ1n) is 5.57. The number of carboxylic acid groups (broad SMARTS) is 1. The smallest absolute Gasteiger partial charge is 0.328 e. The van der Waals surface area contributed by atoms with Crippen molar-refractivity contribution in [3.8, 4) is 0 Å². The molecule has 2 aromatic carbocycles. The van der Waals surface area contributed by atoms with Crippen molar-refractivity contribution in [2.24, 2.45) is 0 Å². The average Bonchev–Trinajstić information content (AvgIpc) is 2.39. The second-order valence-corrected chi connectivity index (χ2v) is 3.78. The van der Waals surface area contributed by atoms with E-state index in [4.69, 9.17) is 5.11 Å². The van der Waals surface area contributed by atoms with E-state index in [1.54, 1.807) is 6.08 Å². The number of hydrogen-bond donors (Lipinski definition) is 2. The van der Waals surface area contributed by atoms with Gasteiger partial charge in [-0.15, -0.1) is 0 Å². The maximum absolute atomic E-state index is 10.4. The van der Waals surface area contributed by atoms with Crippen LogP contribution in [0.4, 0.5) is 11.4 Å². The Kier molecular flexibility index (Phi) is 3.76. The van der Waals surface area contributed by atoms with Gasteiger partial charge in [-0.05, 0) is 35.9 Å². The van der Waals surface area contributed by atoms with E-state index in [-0.39, 0.29) is 0 Å². The molecule has 0 aliphatic carbocycles. The summed E-state index contributed by atoms with van der Waals surface area (Å²) >= 11 is 0. The molecule has 0 saturated carbocycles. The molecule has 0 bridgehead atoms. The predicted molar refractivity (Wildman–Crippen MR) is 72.8 cm³/mol. The zero-order chi connectivity index (χ0) is 12.8. The summed E-state index contributed by atoms with van der Waals surface area (Å²) in [5.41, 5.74) is 2.84. The molecule has 0 aliphatic heterocycles. The summed E-state index contributed by atoms with van der Waals surface area (Å²) in [6, 6.07) is 17.4. The molecule has 0 fully saturated rings. The summed E-state index contributed by atoms with van der Waals surface area (Å²) in [5.74, 6) is -0.943. The van der Waals surface area contributed by atoms with E-state index in [9.17, 15) is 4.79 Å². The minimum absolute atomic E-state index is 0.857. The SMILES string of the molecule is O=C(O)C=Cc1ccc(Nc2ccccc2)cc1. The van der Waals surface area contributed by atoms with Crippen molar-refractivity contribution in [1.82, 2.24) is 0 Å². The van der Waals surface area contributed by atoms with Crippen LogP contribution in [-0.4, -0.2) is 11.1 Å². The number of carboxylic acids is 1. The highest BCUT2D eigenvalue weighted by Crippen LogP contribution is 2.16. The van der Waals surface area contributed by atoms with Gasteiger partial charge in [0.05, 0.1) is 0 Å². The van der Waals surface area contributed by atoms with Gasteiger partial charge in [0.25, 0.3) is 0 Å². The third kappa shape index (κ3) is 3.49. The quantitative estimate of drug-likeness (QED) is 0.802. The van der Waals surface area contributed by atoms with Crippen LogP contribution in [0.25, 0.3) is 6.08 Å². The molecule has 0 amide bonds. The molecule has 2 N–H and O–H groups in total. The fourth-order valence-electron chi connectivity index (χ4n) is 1.53. The molecular weight excluding hydrogens is 226 g/mol. The van der Waals surface area contributed by atoms with Gasteiger partial charge in [-0.3, -0.25) is 0 Å². The van der Waals surface area contributed by atoms with Crippen molar-refractivity contribution >= 4 is 23.4 Å². The number of anilines is 2. The molecule has 0 spiro atoms. The first-order valence-corrected chi connectivity index (χ1v) is 5.57. The van der Waals surface area contributed by atoms with E-state index in [0.29, 0.717) is 0 Å². The molecular formula is C15H13NO2. The van der Waals surface area contributed by atoms with E-state index in [1.807, 2.05) is 54.6 Å². The summed E-state index contributed by atoms with van der Waals surface area (Å²) in [5, 5.41) is 11.8. The number of aliphatic carboxylic acids is 1. The lowest BCUT2D eigenvalue weighted by Gasteiger charge is -2.06. The Hall–Kier alpha value is -2.55. The van der Waals surface area contributed by atoms with Gasteiger partial charge in [0, 0.05) is 17.5 Å². The Bertz CT molecular complexity index is 544. The lowest BCUT2D eigenvalue weighted by atomic mass is 10.2. The number of rotatable bonds is 4. The number of carbonyl (C=O) groups is 1. The zero-order valence-electron chi connectivity index (χ0n) is 9.71. The van der Waals surface area contributed by atoms with Crippen LogP contribution in [0.5, 0.6) is 0 Å². The van der Waals surface area contributed by atoms with E-state index >= 15 is 0 Å². The zero-order valence-corrected chi connectivity index (χ0v) is 9.71. The Labute approximate surface area is 105 Å². The number of hydrogen-bond acceptors (Lipinski definition) is 2. The highest BCUT2D eigenvalue weighted by Gasteiger charge is 1.94. The van der Waals surface area contributed by atoms with Crippen LogP contribution in [0.3, 0.4) is 0 Å². The van der Waals surface area contributed by atoms with Crippen molar-refractivity contribution in [2.45, 2.75) is 0 Å². The monoisotopic (exact) mass is 239 g/mol. The summed E-state index contributed by atoms with van der Waals surface area (Å²) in [6.07, 6.45) is 2.69. The highest BCUT2D eigenvalue weighted by atomic mass is 16.4. The second-order valence-electron chi connectivity index (χ2n) is 3.78. The molecule has 0 radical (unpaired) electrons.